The lowest BCUT2D eigenvalue weighted by molar-refractivity contribution is 0.185. The smallest absolute Gasteiger partial charge is 0.170 e. The van der Waals surface area contributed by atoms with E-state index >= 15 is 0 Å². The first-order chi connectivity index (χ1) is 16.6. The number of hydrogen-bond acceptors (Lipinski definition) is 5. The van der Waals surface area contributed by atoms with Gasteiger partial charge in [0.2, 0.25) is 0 Å². The van der Waals surface area contributed by atoms with Gasteiger partial charge in [0.05, 0.1) is 12.3 Å². The molecule has 1 aromatic heterocycles. The van der Waals surface area contributed by atoms with E-state index in [1.165, 1.54) is 43.6 Å². The molecular formula is C28H36FN3O2. The highest BCUT2D eigenvalue weighted by atomic mass is 19.1. The Morgan fingerprint density at radius 2 is 1.71 bits per heavy atom. The lowest BCUT2D eigenvalue weighted by Crippen LogP contribution is -2.34. The van der Waals surface area contributed by atoms with Crippen LogP contribution in [0.4, 0.5) is 4.39 Å². The van der Waals surface area contributed by atoms with Gasteiger partial charge in [-0.05, 0) is 94.0 Å². The Kier molecular flexibility index (Phi) is 7.45. The molecule has 2 aliphatic rings. The van der Waals surface area contributed by atoms with Crippen molar-refractivity contribution in [3.8, 4) is 5.75 Å². The van der Waals surface area contributed by atoms with Crippen LogP contribution in [0.2, 0.25) is 0 Å². The molecule has 0 aliphatic carbocycles. The molecule has 0 spiro atoms. The van der Waals surface area contributed by atoms with Crippen molar-refractivity contribution in [2.24, 2.45) is 5.92 Å². The molecule has 2 saturated heterocycles. The van der Waals surface area contributed by atoms with Crippen molar-refractivity contribution in [2.45, 2.75) is 51.5 Å². The molecule has 0 bridgehead atoms. The Morgan fingerprint density at radius 3 is 2.47 bits per heavy atom. The van der Waals surface area contributed by atoms with Gasteiger partial charge in [-0.3, -0.25) is 4.90 Å². The summed E-state index contributed by atoms with van der Waals surface area (Å²) in [6.07, 6.45) is 5.76. The summed E-state index contributed by atoms with van der Waals surface area (Å²) >= 11 is 0. The molecule has 2 aromatic carbocycles. The van der Waals surface area contributed by atoms with Crippen LogP contribution in [-0.4, -0.2) is 54.3 Å². The molecular weight excluding hydrogens is 429 g/mol. The van der Waals surface area contributed by atoms with Crippen LogP contribution < -0.4 is 4.74 Å². The van der Waals surface area contributed by atoms with Gasteiger partial charge in [-0.15, -0.1) is 0 Å². The van der Waals surface area contributed by atoms with E-state index in [4.69, 9.17) is 9.26 Å². The van der Waals surface area contributed by atoms with Crippen molar-refractivity contribution in [1.82, 2.24) is 15.0 Å². The third kappa shape index (κ3) is 5.78. The first kappa shape index (κ1) is 23.3. The van der Waals surface area contributed by atoms with E-state index in [0.717, 1.165) is 74.8 Å². The minimum Gasteiger partial charge on any atom is -0.494 e. The zero-order valence-corrected chi connectivity index (χ0v) is 20.2. The summed E-state index contributed by atoms with van der Waals surface area (Å²) in [6.45, 7) is 9.71. The highest BCUT2D eigenvalue weighted by Gasteiger charge is 2.25. The number of hydrogen-bond donors (Lipinski definition) is 0. The Hall–Kier alpha value is -2.44. The van der Waals surface area contributed by atoms with Gasteiger partial charge in [-0.2, -0.15) is 0 Å². The monoisotopic (exact) mass is 465 g/mol. The fourth-order valence-electron chi connectivity index (χ4n) is 5.30. The fourth-order valence-corrected chi connectivity index (χ4v) is 5.30. The Balaban J connectivity index is 1.01. The zero-order chi connectivity index (χ0) is 23.3. The van der Waals surface area contributed by atoms with Crippen molar-refractivity contribution in [3.63, 3.8) is 0 Å². The molecule has 0 unspecified atom stereocenters. The molecule has 5 nitrogen and oxygen atoms in total. The van der Waals surface area contributed by atoms with Gasteiger partial charge >= 0.3 is 0 Å². The summed E-state index contributed by atoms with van der Waals surface area (Å²) in [5, 5.41) is 5.20. The van der Waals surface area contributed by atoms with Gasteiger partial charge in [0.15, 0.2) is 5.58 Å². The van der Waals surface area contributed by atoms with Crippen LogP contribution in [0.5, 0.6) is 5.75 Å². The number of nitrogens with zero attached hydrogens (tertiary/aromatic N) is 3. The van der Waals surface area contributed by atoms with E-state index in [1.807, 2.05) is 0 Å². The van der Waals surface area contributed by atoms with Crippen molar-refractivity contribution < 1.29 is 13.7 Å². The Morgan fingerprint density at radius 1 is 0.971 bits per heavy atom. The number of aromatic nitrogens is 1. The summed E-state index contributed by atoms with van der Waals surface area (Å²) in [6, 6.07) is 13.3. The van der Waals surface area contributed by atoms with Gasteiger partial charge < -0.3 is 14.2 Å². The highest BCUT2D eigenvalue weighted by Crippen LogP contribution is 2.32. The molecule has 0 atom stereocenters. The number of likely N-dealkylation sites (tertiary alicyclic amines) is 2. The number of fused-ring (bicyclic) bond motifs is 1. The second kappa shape index (κ2) is 10.9. The molecule has 5 rings (SSSR count). The van der Waals surface area contributed by atoms with E-state index < -0.39 is 0 Å². The predicted octanol–water partition coefficient (Wildman–Crippen LogP) is 5.85. The fraction of sp³-hybridized carbons (Fsp3) is 0.536. The minimum absolute atomic E-state index is 0.282. The zero-order valence-electron chi connectivity index (χ0n) is 20.2. The largest absolute Gasteiger partial charge is 0.494 e. The molecule has 0 N–H and O–H groups in total. The van der Waals surface area contributed by atoms with Gasteiger partial charge in [0.25, 0.3) is 0 Å². The maximum atomic E-state index is 13.4. The average Bonchev–Trinajstić information content (AvgIpc) is 3.28. The standard InChI is InChI=1S/C28H36FN3O2/c1-21-9-14-32(15-10-21)20-22-3-6-25(7-4-22)33-18-2-13-31-16-11-23(12-17-31)28-26-8-5-24(29)19-27(26)34-30-28/h3-8,19,21,23H,2,9-18,20H2,1H3. The normalized spacial score (nSPS) is 19.1. The van der Waals surface area contributed by atoms with Crippen LogP contribution >= 0.6 is 0 Å². The molecule has 2 aliphatic heterocycles. The SMILES string of the molecule is CC1CCN(Cc2ccc(OCCCN3CCC(c4noc5cc(F)ccc45)CC3)cc2)CC1. The van der Waals surface area contributed by atoms with E-state index in [0.29, 0.717) is 11.5 Å². The number of piperidine rings is 2. The van der Waals surface area contributed by atoms with Crippen LogP contribution in [0, 0.1) is 11.7 Å². The van der Waals surface area contributed by atoms with Gasteiger partial charge in [-0.25, -0.2) is 4.39 Å². The van der Waals surface area contributed by atoms with Crippen molar-refractivity contribution in [1.29, 1.82) is 0 Å². The predicted molar refractivity (Wildman–Crippen MR) is 133 cm³/mol. The first-order valence-electron chi connectivity index (χ1n) is 12.9. The van der Waals surface area contributed by atoms with Crippen molar-refractivity contribution in [3.05, 3.63) is 59.5 Å². The number of benzene rings is 2. The third-order valence-corrected chi connectivity index (χ3v) is 7.53. The van der Waals surface area contributed by atoms with E-state index in [1.54, 1.807) is 6.07 Å². The molecule has 3 aromatic rings. The highest BCUT2D eigenvalue weighted by molar-refractivity contribution is 5.79. The molecule has 182 valence electrons. The van der Waals surface area contributed by atoms with Crippen LogP contribution in [0.25, 0.3) is 11.0 Å². The Bertz CT molecular complexity index is 1050. The number of halogens is 1. The number of ether oxygens (including phenoxy) is 1. The second-order valence-corrected chi connectivity index (χ2v) is 10.1. The molecule has 34 heavy (non-hydrogen) atoms. The van der Waals surface area contributed by atoms with Crippen molar-refractivity contribution in [2.75, 3.05) is 39.3 Å². The lowest BCUT2D eigenvalue weighted by Gasteiger charge is -2.31. The summed E-state index contributed by atoms with van der Waals surface area (Å²) in [5.74, 6) is 1.93. The average molecular weight is 466 g/mol. The van der Waals surface area contributed by atoms with E-state index in [9.17, 15) is 4.39 Å². The molecule has 0 saturated carbocycles. The molecule has 0 amide bonds. The van der Waals surface area contributed by atoms with Crippen molar-refractivity contribution >= 4 is 11.0 Å². The Labute approximate surface area is 201 Å². The summed E-state index contributed by atoms with van der Waals surface area (Å²) in [7, 11) is 0. The van der Waals surface area contributed by atoms with Crippen LogP contribution in [-0.2, 0) is 6.54 Å². The van der Waals surface area contributed by atoms with E-state index in [-0.39, 0.29) is 5.82 Å². The number of rotatable bonds is 8. The second-order valence-electron chi connectivity index (χ2n) is 10.1. The van der Waals surface area contributed by atoms with Crippen LogP contribution in [0.1, 0.15) is 56.2 Å². The third-order valence-electron chi connectivity index (χ3n) is 7.53. The van der Waals surface area contributed by atoms with Crippen LogP contribution in [0.15, 0.2) is 47.0 Å². The van der Waals surface area contributed by atoms with Gasteiger partial charge in [-0.1, -0.05) is 24.2 Å². The molecule has 0 radical (unpaired) electrons. The quantitative estimate of drug-likeness (QED) is 0.391. The molecule has 6 heteroatoms. The maximum Gasteiger partial charge on any atom is 0.170 e. The summed E-state index contributed by atoms with van der Waals surface area (Å²) in [4.78, 5) is 5.06. The topological polar surface area (TPSA) is 41.7 Å². The summed E-state index contributed by atoms with van der Waals surface area (Å²) in [5.41, 5.74) is 2.90. The molecule has 2 fully saturated rings. The van der Waals surface area contributed by atoms with Gasteiger partial charge in [0.1, 0.15) is 11.6 Å². The van der Waals surface area contributed by atoms with E-state index in [2.05, 4.69) is 46.1 Å². The van der Waals surface area contributed by atoms with Crippen LogP contribution in [0.3, 0.4) is 0 Å². The molecule has 3 heterocycles. The maximum absolute atomic E-state index is 13.4. The lowest BCUT2D eigenvalue weighted by atomic mass is 9.91. The minimum atomic E-state index is -0.282. The summed E-state index contributed by atoms with van der Waals surface area (Å²) < 4.78 is 24.8. The van der Waals surface area contributed by atoms with Gasteiger partial charge in [0, 0.05) is 30.5 Å². The first-order valence-corrected chi connectivity index (χ1v) is 12.9.